The van der Waals surface area contributed by atoms with Gasteiger partial charge in [0.1, 0.15) is 0 Å². The first-order chi connectivity index (χ1) is 9.26. The lowest BCUT2D eigenvalue weighted by Crippen LogP contribution is -2.30. The van der Waals surface area contributed by atoms with Gasteiger partial charge in [0.15, 0.2) is 0 Å². The summed E-state index contributed by atoms with van der Waals surface area (Å²) in [4.78, 5) is 0.278. The van der Waals surface area contributed by atoms with E-state index in [2.05, 4.69) is 19.2 Å². The van der Waals surface area contributed by atoms with E-state index in [9.17, 15) is 8.42 Å². The molecule has 20 heavy (non-hydrogen) atoms. The molecule has 0 saturated carbocycles. The standard InChI is InChI=1S/C14H21ClN2O2S/c1-14(2)6-7-17(10-14)20(18,19)12-5-4-11(9-16-3)13(15)8-12/h4-5,8,16H,6-7,9-10H2,1-3H3. The summed E-state index contributed by atoms with van der Waals surface area (Å²) in [7, 11) is -1.61. The number of hydrogen-bond donors (Lipinski definition) is 1. The van der Waals surface area contributed by atoms with Crippen molar-refractivity contribution < 1.29 is 8.42 Å². The predicted molar refractivity (Wildman–Crippen MR) is 81.4 cm³/mol. The van der Waals surface area contributed by atoms with Gasteiger partial charge < -0.3 is 5.32 Å². The molecule has 0 unspecified atom stereocenters. The van der Waals surface area contributed by atoms with E-state index in [1.165, 1.54) is 0 Å². The first-order valence-electron chi connectivity index (χ1n) is 6.69. The molecule has 0 aliphatic carbocycles. The summed E-state index contributed by atoms with van der Waals surface area (Å²) in [6.07, 6.45) is 0.887. The Labute approximate surface area is 126 Å². The largest absolute Gasteiger partial charge is 0.316 e. The number of rotatable bonds is 4. The van der Waals surface area contributed by atoms with E-state index >= 15 is 0 Å². The molecule has 0 radical (unpaired) electrons. The molecule has 0 bridgehead atoms. The van der Waals surface area contributed by atoms with Crippen molar-refractivity contribution in [2.75, 3.05) is 20.1 Å². The molecule has 6 heteroatoms. The number of hydrogen-bond acceptors (Lipinski definition) is 3. The Hall–Kier alpha value is -0.620. The maximum Gasteiger partial charge on any atom is 0.243 e. The molecule has 1 aliphatic heterocycles. The maximum absolute atomic E-state index is 12.6. The van der Waals surface area contributed by atoms with Crippen LogP contribution in [-0.4, -0.2) is 32.9 Å². The first-order valence-corrected chi connectivity index (χ1v) is 8.51. The number of nitrogens with one attached hydrogen (secondary N) is 1. The van der Waals surface area contributed by atoms with Crippen LogP contribution < -0.4 is 5.32 Å². The van der Waals surface area contributed by atoms with Gasteiger partial charge in [-0.2, -0.15) is 4.31 Å². The maximum atomic E-state index is 12.6. The molecule has 2 rings (SSSR count). The first kappa shape index (κ1) is 15.8. The lowest BCUT2D eigenvalue weighted by Gasteiger charge is -2.20. The zero-order valence-electron chi connectivity index (χ0n) is 12.1. The van der Waals surface area contributed by atoms with Crippen molar-refractivity contribution in [2.24, 2.45) is 5.41 Å². The van der Waals surface area contributed by atoms with Crippen LogP contribution in [0.4, 0.5) is 0 Å². The summed E-state index contributed by atoms with van der Waals surface area (Å²) < 4.78 is 26.7. The van der Waals surface area contributed by atoms with Crippen molar-refractivity contribution in [2.45, 2.75) is 31.7 Å². The fourth-order valence-corrected chi connectivity index (χ4v) is 4.41. The molecular formula is C14H21ClN2O2S. The highest BCUT2D eigenvalue weighted by molar-refractivity contribution is 7.89. The minimum atomic E-state index is -3.44. The molecule has 1 N–H and O–H groups in total. The van der Waals surface area contributed by atoms with Gasteiger partial charge in [0.25, 0.3) is 0 Å². The van der Waals surface area contributed by atoms with E-state index in [-0.39, 0.29) is 10.3 Å². The van der Waals surface area contributed by atoms with Gasteiger partial charge >= 0.3 is 0 Å². The molecule has 0 atom stereocenters. The highest BCUT2D eigenvalue weighted by Gasteiger charge is 2.36. The minimum Gasteiger partial charge on any atom is -0.316 e. The van der Waals surface area contributed by atoms with Gasteiger partial charge in [0, 0.05) is 24.7 Å². The average molecular weight is 317 g/mol. The van der Waals surface area contributed by atoms with Crippen LogP contribution in [0, 0.1) is 5.41 Å². The van der Waals surface area contributed by atoms with E-state index in [1.54, 1.807) is 22.5 Å². The Balaban J connectivity index is 2.29. The molecule has 1 saturated heterocycles. The predicted octanol–water partition coefficient (Wildman–Crippen LogP) is 2.48. The van der Waals surface area contributed by atoms with Crippen molar-refractivity contribution in [3.8, 4) is 0 Å². The zero-order chi connectivity index (χ0) is 15.0. The molecule has 0 amide bonds. The van der Waals surface area contributed by atoms with Gasteiger partial charge in [-0.25, -0.2) is 8.42 Å². The second-order valence-electron chi connectivity index (χ2n) is 6.04. The molecule has 0 aromatic heterocycles. The van der Waals surface area contributed by atoms with Crippen LogP contribution in [0.25, 0.3) is 0 Å². The highest BCUT2D eigenvalue weighted by Crippen LogP contribution is 2.33. The summed E-state index contributed by atoms with van der Waals surface area (Å²) >= 11 is 6.15. The molecule has 1 fully saturated rings. The van der Waals surface area contributed by atoms with E-state index in [1.807, 2.05) is 7.05 Å². The minimum absolute atomic E-state index is 0.0446. The molecule has 1 aromatic rings. The summed E-state index contributed by atoms with van der Waals surface area (Å²) in [6.45, 7) is 5.93. The van der Waals surface area contributed by atoms with E-state index < -0.39 is 10.0 Å². The lowest BCUT2D eigenvalue weighted by molar-refractivity contribution is 0.375. The van der Waals surface area contributed by atoms with Gasteiger partial charge in [-0.05, 0) is 36.6 Å². The third kappa shape index (κ3) is 3.17. The van der Waals surface area contributed by atoms with Crippen molar-refractivity contribution in [1.29, 1.82) is 0 Å². The second kappa shape index (κ2) is 5.64. The van der Waals surface area contributed by atoms with Gasteiger partial charge in [-0.3, -0.25) is 0 Å². The Morgan fingerprint density at radius 1 is 1.40 bits per heavy atom. The Bertz CT molecular complexity index is 599. The van der Waals surface area contributed by atoms with Crippen LogP contribution in [0.3, 0.4) is 0 Å². The van der Waals surface area contributed by atoms with E-state index in [4.69, 9.17) is 11.6 Å². The fourth-order valence-electron chi connectivity index (χ4n) is 2.44. The number of nitrogens with zero attached hydrogens (tertiary/aromatic N) is 1. The smallest absolute Gasteiger partial charge is 0.243 e. The Morgan fingerprint density at radius 2 is 2.10 bits per heavy atom. The van der Waals surface area contributed by atoms with Crippen LogP contribution >= 0.6 is 11.6 Å². The number of benzene rings is 1. The van der Waals surface area contributed by atoms with Crippen LogP contribution in [0.2, 0.25) is 5.02 Å². The van der Waals surface area contributed by atoms with Crippen molar-refractivity contribution in [3.05, 3.63) is 28.8 Å². The number of sulfonamides is 1. The van der Waals surface area contributed by atoms with Crippen molar-refractivity contribution in [1.82, 2.24) is 9.62 Å². The normalized spacial score (nSPS) is 19.4. The molecule has 112 valence electrons. The fraction of sp³-hybridized carbons (Fsp3) is 0.571. The van der Waals surface area contributed by atoms with Crippen LogP contribution in [0.1, 0.15) is 25.8 Å². The van der Waals surface area contributed by atoms with Gasteiger partial charge in [-0.15, -0.1) is 0 Å². The zero-order valence-corrected chi connectivity index (χ0v) is 13.7. The van der Waals surface area contributed by atoms with Crippen LogP contribution in [-0.2, 0) is 16.6 Å². The second-order valence-corrected chi connectivity index (χ2v) is 8.38. The molecule has 1 heterocycles. The summed E-state index contributed by atoms with van der Waals surface area (Å²) in [5.41, 5.74) is 0.943. The highest BCUT2D eigenvalue weighted by atomic mass is 35.5. The van der Waals surface area contributed by atoms with Gasteiger partial charge in [0.05, 0.1) is 4.90 Å². The lowest BCUT2D eigenvalue weighted by atomic mass is 9.93. The summed E-state index contributed by atoms with van der Waals surface area (Å²) in [5, 5.41) is 3.49. The molecule has 1 aromatic carbocycles. The topological polar surface area (TPSA) is 49.4 Å². The van der Waals surface area contributed by atoms with E-state index in [0.29, 0.717) is 24.7 Å². The van der Waals surface area contributed by atoms with Crippen molar-refractivity contribution in [3.63, 3.8) is 0 Å². The Kier molecular flexibility index (Phi) is 4.44. The van der Waals surface area contributed by atoms with Crippen LogP contribution in [0.15, 0.2) is 23.1 Å². The molecule has 4 nitrogen and oxygen atoms in total. The monoisotopic (exact) mass is 316 g/mol. The summed E-state index contributed by atoms with van der Waals surface area (Å²) in [5.74, 6) is 0. The van der Waals surface area contributed by atoms with E-state index in [0.717, 1.165) is 12.0 Å². The molecule has 1 aliphatic rings. The third-order valence-corrected chi connectivity index (χ3v) is 5.86. The van der Waals surface area contributed by atoms with Crippen molar-refractivity contribution >= 4 is 21.6 Å². The molecular weight excluding hydrogens is 296 g/mol. The van der Waals surface area contributed by atoms with Gasteiger partial charge in [-0.1, -0.05) is 31.5 Å². The SMILES string of the molecule is CNCc1ccc(S(=O)(=O)N2CCC(C)(C)C2)cc1Cl. The van der Waals surface area contributed by atoms with Crippen LogP contribution in [0.5, 0.6) is 0 Å². The van der Waals surface area contributed by atoms with Gasteiger partial charge in [0.2, 0.25) is 10.0 Å². The number of halogens is 1. The average Bonchev–Trinajstić information content (AvgIpc) is 2.73. The Morgan fingerprint density at radius 3 is 2.60 bits per heavy atom. The molecule has 0 spiro atoms. The third-order valence-electron chi connectivity index (χ3n) is 3.67. The quantitative estimate of drug-likeness (QED) is 0.928. The summed E-state index contributed by atoms with van der Waals surface area (Å²) in [6, 6.07) is 4.96.